The molecule has 1 amide bonds. The number of rotatable bonds is 5. The number of halogens is 2. The van der Waals surface area contributed by atoms with E-state index in [1.807, 2.05) is 18.2 Å². The van der Waals surface area contributed by atoms with Gasteiger partial charge >= 0.3 is 5.97 Å². The predicted molar refractivity (Wildman–Crippen MR) is 101 cm³/mol. The Bertz CT molecular complexity index is 984. The molecule has 0 fully saturated rings. The Labute approximate surface area is 159 Å². The standard InChI is InChI=1S/C19H13Cl2NO4/c20-13-7-14(21)9-15(8-13)22-18(23)10-26-17-6-12-4-2-1-3-11(12)5-16(17)19(24)25/h1-9H,10H2,(H,22,23)(H,24,25). The van der Waals surface area contributed by atoms with Gasteiger partial charge in [-0.25, -0.2) is 4.79 Å². The maximum atomic E-state index is 12.1. The van der Waals surface area contributed by atoms with E-state index in [0.717, 1.165) is 10.8 Å². The first-order chi connectivity index (χ1) is 12.4. The first-order valence-electron chi connectivity index (χ1n) is 7.57. The molecule has 0 saturated carbocycles. The van der Waals surface area contributed by atoms with E-state index < -0.39 is 11.9 Å². The second-order valence-electron chi connectivity index (χ2n) is 5.50. The number of amides is 1. The Balaban J connectivity index is 1.77. The van der Waals surface area contributed by atoms with Crippen LogP contribution >= 0.6 is 23.2 Å². The zero-order valence-corrected chi connectivity index (χ0v) is 14.8. The Morgan fingerprint density at radius 1 is 0.962 bits per heavy atom. The molecule has 0 bridgehead atoms. The molecule has 0 saturated heterocycles. The number of hydrogen-bond acceptors (Lipinski definition) is 3. The van der Waals surface area contributed by atoms with Crippen molar-refractivity contribution in [2.45, 2.75) is 0 Å². The lowest BCUT2D eigenvalue weighted by atomic mass is 10.1. The quantitative estimate of drug-likeness (QED) is 0.652. The fourth-order valence-electron chi connectivity index (χ4n) is 2.47. The minimum atomic E-state index is -1.13. The van der Waals surface area contributed by atoms with Crippen LogP contribution in [0.25, 0.3) is 10.8 Å². The van der Waals surface area contributed by atoms with E-state index in [0.29, 0.717) is 15.7 Å². The molecular formula is C19H13Cl2NO4. The lowest BCUT2D eigenvalue weighted by Gasteiger charge is -2.11. The third kappa shape index (κ3) is 4.25. The van der Waals surface area contributed by atoms with Gasteiger partial charge in [-0.3, -0.25) is 4.79 Å². The van der Waals surface area contributed by atoms with Crippen molar-refractivity contribution in [2.75, 3.05) is 11.9 Å². The van der Waals surface area contributed by atoms with Crippen LogP contribution < -0.4 is 10.1 Å². The monoisotopic (exact) mass is 389 g/mol. The highest BCUT2D eigenvalue weighted by Gasteiger charge is 2.14. The largest absolute Gasteiger partial charge is 0.483 e. The zero-order chi connectivity index (χ0) is 18.7. The molecule has 26 heavy (non-hydrogen) atoms. The second kappa shape index (κ2) is 7.64. The molecule has 132 valence electrons. The van der Waals surface area contributed by atoms with Gasteiger partial charge in [0.05, 0.1) is 0 Å². The van der Waals surface area contributed by atoms with E-state index in [-0.39, 0.29) is 17.9 Å². The summed E-state index contributed by atoms with van der Waals surface area (Å²) in [6.07, 6.45) is 0. The van der Waals surface area contributed by atoms with Crippen LogP contribution in [-0.2, 0) is 4.79 Å². The van der Waals surface area contributed by atoms with Gasteiger partial charge in [-0.1, -0.05) is 47.5 Å². The minimum absolute atomic E-state index is 0.0118. The predicted octanol–water partition coefficient (Wildman–Crippen LogP) is 4.86. The summed E-state index contributed by atoms with van der Waals surface area (Å²) in [7, 11) is 0. The van der Waals surface area contributed by atoms with Crippen LogP contribution in [0.5, 0.6) is 5.75 Å². The van der Waals surface area contributed by atoms with Gasteiger partial charge in [0.15, 0.2) is 6.61 Å². The summed E-state index contributed by atoms with van der Waals surface area (Å²) in [6, 6.07) is 15.0. The lowest BCUT2D eigenvalue weighted by molar-refractivity contribution is -0.118. The first-order valence-corrected chi connectivity index (χ1v) is 8.33. The smallest absolute Gasteiger partial charge is 0.339 e. The average molecular weight is 390 g/mol. The van der Waals surface area contributed by atoms with Crippen LogP contribution in [0.15, 0.2) is 54.6 Å². The van der Waals surface area contributed by atoms with Crippen molar-refractivity contribution in [3.8, 4) is 5.75 Å². The van der Waals surface area contributed by atoms with Crippen molar-refractivity contribution in [1.82, 2.24) is 0 Å². The number of nitrogens with one attached hydrogen (secondary N) is 1. The summed E-state index contributed by atoms with van der Waals surface area (Å²) >= 11 is 11.8. The second-order valence-corrected chi connectivity index (χ2v) is 6.37. The molecule has 3 aromatic rings. The molecular weight excluding hydrogens is 377 g/mol. The van der Waals surface area contributed by atoms with Gasteiger partial charge in [0.1, 0.15) is 11.3 Å². The SMILES string of the molecule is O=C(COc1cc2ccccc2cc1C(=O)O)Nc1cc(Cl)cc(Cl)c1. The number of carboxylic acids is 1. The maximum Gasteiger partial charge on any atom is 0.339 e. The van der Waals surface area contributed by atoms with Gasteiger partial charge in [-0.2, -0.15) is 0 Å². The highest BCUT2D eigenvalue weighted by atomic mass is 35.5. The Morgan fingerprint density at radius 2 is 1.58 bits per heavy atom. The van der Waals surface area contributed by atoms with Crippen molar-refractivity contribution in [3.05, 3.63) is 70.2 Å². The number of carbonyl (C=O) groups is 2. The molecule has 0 spiro atoms. The van der Waals surface area contributed by atoms with E-state index in [4.69, 9.17) is 27.9 Å². The molecule has 5 nitrogen and oxygen atoms in total. The molecule has 0 radical (unpaired) electrons. The first kappa shape index (κ1) is 18.0. The average Bonchev–Trinajstić information content (AvgIpc) is 2.58. The van der Waals surface area contributed by atoms with E-state index in [1.165, 1.54) is 6.07 Å². The summed E-state index contributed by atoms with van der Waals surface area (Å²) in [6.45, 7) is -0.358. The number of fused-ring (bicyclic) bond motifs is 1. The molecule has 0 aromatic heterocycles. The molecule has 3 rings (SSSR count). The zero-order valence-electron chi connectivity index (χ0n) is 13.3. The number of benzene rings is 3. The highest BCUT2D eigenvalue weighted by Crippen LogP contribution is 2.26. The minimum Gasteiger partial charge on any atom is -0.483 e. The summed E-state index contributed by atoms with van der Waals surface area (Å²) in [5.74, 6) is -1.48. The lowest BCUT2D eigenvalue weighted by Crippen LogP contribution is -2.21. The molecule has 7 heteroatoms. The Hall–Kier alpha value is -2.76. The fourth-order valence-corrected chi connectivity index (χ4v) is 3.00. The summed E-state index contributed by atoms with van der Waals surface area (Å²) < 4.78 is 5.44. The third-order valence-electron chi connectivity index (χ3n) is 3.58. The van der Waals surface area contributed by atoms with E-state index in [9.17, 15) is 14.7 Å². The fraction of sp³-hybridized carbons (Fsp3) is 0.0526. The molecule has 0 heterocycles. The van der Waals surface area contributed by atoms with Crippen LogP contribution in [0, 0.1) is 0 Å². The van der Waals surface area contributed by atoms with Crippen molar-refractivity contribution in [1.29, 1.82) is 0 Å². The van der Waals surface area contributed by atoms with Crippen LogP contribution in [0.4, 0.5) is 5.69 Å². The summed E-state index contributed by atoms with van der Waals surface area (Å²) in [4.78, 5) is 23.5. The normalized spacial score (nSPS) is 10.5. The number of aromatic carboxylic acids is 1. The molecule has 2 N–H and O–H groups in total. The van der Waals surface area contributed by atoms with Crippen molar-refractivity contribution in [3.63, 3.8) is 0 Å². The molecule has 0 aliphatic carbocycles. The number of hydrogen-bond donors (Lipinski definition) is 2. The Morgan fingerprint density at radius 3 is 2.19 bits per heavy atom. The molecule has 0 unspecified atom stereocenters. The van der Waals surface area contributed by atoms with Gasteiger partial charge in [-0.15, -0.1) is 0 Å². The molecule has 3 aromatic carbocycles. The van der Waals surface area contributed by atoms with Gasteiger partial charge in [-0.05, 0) is 41.1 Å². The van der Waals surface area contributed by atoms with Crippen molar-refractivity contribution in [2.24, 2.45) is 0 Å². The van der Waals surface area contributed by atoms with Crippen molar-refractivity contribution < 1.29 is 19.4 Å². The summed E-state index contributed by atoms with van der Waals surface area (Å²) in [5.41, 5.74) is 0.412. The number of carbonyl (C=O) groups excluding carboxylic acids is 1. The molecule has 0 aliphatic heterocycles. The van der Waals surface area contributed by atoms with Gasteiger partial charge < -0.3 is 15.2 Å². The number of carboxylic acid groups (broad SMARTS) is 1. The third-order valence-corrected chi connectivity index (χ3v) is 4.02. The van der Waals surface area contributed by atoms with Gasteiger partial charge in [0, 0.05) is 15.7 Å². The number of ether oxygens (including phenoxy) is 1. The van der Waals surface area contributed by atoms with Crippen LogP contribution in [-0.4, -0.2) is 23.6 Å². The van der Waals surface area contributed by atoms with Crippen molar-refractivity contribution >= 4 is 51.5 Å². The molecule has 0 atom stereocenters. The highest BCUT2D eigenvalue weighted by molar-refractivity contribution is 6.35. The van der Waals surface area contributed by atoms with Gasteiger partial charge in [0.25, 0.3) is 5.91 Å². The molecule has 0 aliphatic rings. The van der Waals surface area contributed by atoms with Crippen LogP contribution in [0.2, 0.25) is 10.0 Å². The Kier molecular flexibility index (Phi) is 5.30. The summed E-state index contributed by atoms with van der Waals surface area (Å²) in [5, 5.41) is 14.3. The number of anilines is 1. The van der Waals surface area contributed by atoms with Gasteiger partial charge in [0.2, 0.25) is 0 Å². The topological polar surface area (TPSA) is 75.6 Å². The van der Waals surface area contributed by atoms with E-state index >= 15 is 0 Å². The van der Waals surface area contributed by atoms with E-state index in [1.54, 1.807) is 30.3 Å². The van der Waals surface area contributed by atoms with E-state index in [2.05, 4.69) is 5.32 Å². The maximum absolute atomic E-state index is 12.1. The van der Waals surface area contributed by atoms with Crippen LogP contribution in [0.3, 0.4) is 0 Å². The van der Waals surface area contributed by atoms with Crippen LogP contribution in [0.1, 0.15) is 10.4 Å².